The van der Waals surface area contributed by atoms with E-state index in [1.165, 1.54) is 6.08 Å². The van der Waals surface area contributed by atoms with Gasteiger partial charge >= 0.3 is 0 Å². The molecule has 1 aromatic rings. The van der Waals surface area contributed by atoms with Crippen molar-refractivity contribution in [1.82, 2.24) is 9.78 Å². The molecule has 0 bridgehead atoms. The number of rotatable bonds is 2. The van der Waals surface area contributed by atoms with E-state index in [9.17, 15) is 4.79 Å². The van der Waals surface area contributed by atoms with Crippen LogP contribution in [0, 0.1) is 6.92 Å². The number of allylic oxidation sites excluding steroid dienone is 1. The van der Waals surface area contributed by atoms with E-state index in [0.717, 1.165) is 11.3 Å². The van der Waals surface area contributed by atoms with Gasteiger partial charge in [0.1, 0.15) is 0 Å². The molecule has 1 rings (SSSR count). The van der Waals surface area contributed by atoms with E-state index >= 15 is 0 Å². The van der Waals surface area contributed by atoms with E-state index in [4.69, 9.17) is 11.6 Å². The van der Waals surface area contributed by atoms with Crippen molar-refractivity contribution in [3.05, 3.63) is 23.5 Å². The topological polar surface area (TPSA) is 34.9 Å². The molecule has 0 N–H and O–H groups in total. The van der Waals surface area contributed by atoms with Crippen LogP contribution in [0.5, 0.6) is 0 Å². The van der Waals surface area contributed by atoms with Crippen molar-refractivity contribution in [2.24, 2.45) is 7.05 Å². The molecule has 0 aromatic carbocycles. The highest BCUT2D eigenvalue weighted by molar-refractivity contribution is 6.66. The Labute approximate surface area is 75.6 Å². The lowest BCUT2D eigenvalue weighted by Gasteiger charge is -1.92. The van der Waals surface area contributed by atoms with E-state index in [1.54, 1.807) is 17.0 Å². The Morgan fingerprint density at radius 1 is 1.75 bits per heavy atom. The fourth-order valence-corrected chi connectivity index (χ4v) is 0.898. The third kappa shape index (κ3) is 1.95. The lowest BCUT2D eigenvalue weighted by atomic mass is 10.2. The standard InChI is InChI=1S/C8H9ClN2O/c1-6-7(3-4-8(9)12)5-10-11(6)2/h3-5H,1-2H3/b4-3+. The van der Waals surface area contributed by atoms with E-state index in [-0.39, 0.29) is 0 Å². The average molecular weight is 185 g/mol. The minimum Gasteiger partial charge on any atom is -0.276 e. The van der Waals surface area contributed by atoms with Crippen LogP contribution in [0.1, 0.15) is 11.3 Å². The molecule has 0 spiro atoms. The minimum atomic E-state index is -0.474. The summed E-state index contributed by atoms with van der Waals surface area (Å²) in [5.74, 6) is 0. The van der Waals surface area contributed by atoms with Gasteiger partial charge in [0.2, 0.25) is 5.24 Å². The first-order valence-corrected chi connectivity index (χ1v) is 3.85. The van der Waals surface area contributed by atoms with Crippen LogP contribution in [0.25, 0.3) is 6.08 Å². The summed E-state index contributed by atoms with van der Waals surface area (Å²) in [4.78, 5) is 10.4. The van der Waals surface area contributed by atoms with Crippen LogP contribution in [0.2, 0.25) is 0 Å². The average Bonchev–Trinajstić information content (AvgIpc) is 2.30. The Balaban J connectivity index is 2.90. The van der Waals surface area contributed by atoms with Crippen molar-refractivity contribution < 1.29 is 4.79 Å². The summed E-state index contributed by atoms with van der Waals surface area (Å²) in [6, 6.07) is 0. The Morgan fingerprint density at radius 2 is 2.42 bits per heavy atom. The number of hydrogen-bond acceptors (Lipinski definition) is 2. The zero-order valence-corrected chi connectivity index (χ0v) is 7.67. The molecule has 3 nitrogen and oxygen atoms in total. The molecule has 0 amide bonds. The van der Waals surface area contributed by atoms with Gasteiger partial charge in [-0.15, -0.1) is 0 Å². The molecule has 0 atom stereocenters. The molecule has 4 heteroatoms. The van der Waals surface area contributed by atoms with Crippen molar-refractivity contribution >= 4 is 22.9 Å². The fourth-order valence-electron chi connectivity index (χ4n) is 0.835. The lowest BCUT2D eigenvalue weighted by Crippen LogP contribution is -1.92. The summed E-state index contributed by atoms with van der Waals surface area (Å²) in [5.41, 5.74) is 1.91. The van der Waals surface area contributed by atoms with Gasteiger partial charge in [0, 0.05) is 18.3 Å². The second-order valence-corrected chi connectivity index (χ2v) is 2.82. The summed E-state index contributed by atoms with van der Waals surface area (Å²) in [5, 5.41) is 3.53. The maximum Gasteiger partial charge on any atom is 0.245 e. The number of nitrogens with zero attached hydrogens (tertiary/aromatic N) is 2. The van der Waals surface area contributed by atoms with E-state index < -0.39 is 5.24 Å². The van der Waals surface area contributed by atoms with Gasteiger partial charge in [0.15, 0.2) is 0 Å². The minimum absolute atomic E-state index is 0.474. The van der Waals surface area contributed by atoms with Crippen molar-refractivity contribution in [3.8, 4) is 0 Å². The highest BCUT2D eigenvalue weighted by Crippen LogP contribution is 2.07. The molecule has 0 aliphatic carbocycles. The predicted molar refractivity (Wildman–Crippen MR) is 47.8 cm³/mol. The summed E-state index contributed by atoms with van der Waals surface area (Å²) in [6.45, 7) is 1.92. The molecular weight excluding hydrogens is 176 g/mol. The third-order valence-electron chi connectivity index (χ3n) is 1.67. The van der Waals surface area contributed by atoms with Gasteiger partial charge in [0.25, 0.3) is 0 Å². The zero-order valence-electron chi connectivity index (χ0n) is 6.91. The number of aromatic nitrogens is 2. The van der Waals surface area contributed by atoms with Crippen LogP contribution < -0.4 is 0 Å². The van der Waals surface area contributed by atoms with Crippen LogP contribution in [0.4, 0.5) is 0 Å². The quantitative estimate of drug-likeness (QED) is 0.516. The van der Waals surface area contributed by atoms with Crippen molar-refractivity contribution in [3.63, 3.8) is 0 Å². The van der Waals surface area contributed by atoms with Gasteiger partial charge in [-0.1, -0.05) is 0 Å². The second kappa shape index (κ2) is 3.54. The Bertz CT molecular complexity index is 328. The highest BCUT2D eigenvalue weighted by Gasteiger charge is 1.98. The Hall–Kier alpha value is -1.09. The Kier molecular flexibility index (Phi) is 2.65. The number of hydrogen-bond donors (Lipinski definition) is 0. The molecule has 0 aliphatic rings. The SMILES string of the molecule is Cc1c(/C=C/C(=O)Cl)cnn1C. The second-order valence-electron chi connectivity index (χ2n) is 2.45. The van der Waals surface area contributed by atoms with Crippen LogP contribution in [0.3, 0.4) is 0 Å². The van der Waals surface area contributed by atoms with Crippen molar-refractivity contribution in [2.45, 2.75) is 6.92 Å². The maximum absolute atomic E-state index is 10.4. The van der Waals surface area contributed by atoms with Crippen molar-refractivity contribution in [2.75, 3.05) is 0 Å². The molecule has 0 unspecified atom stereocenters. The molecule has 1 aromatic heterocycles. The maximum atomic E-state index is 10.4. The highest BCUT2D eigenvalue weighted by atomic mass is 35.5. The van der Waals surface area contributed by atoms with Crippen LogP contribution >= 0.6 is 11.6 Å². The fraction of sp³-hybridized carbons (Fsp3) is 0.250. The molecule has 0 fully saturated rings. The van der Waals surface area contributed by atoms with E-state index in [0.29, 0.717) is 0 Å². The molecular formula is C8H9ClN2O. The number of carbonyl (C=O) groups excluding carboxylic acids is 1. The first-order chi connectivity index (χ1) is 5.61. The first kappa shape index (κ1) is 9.00. The van der Waals surface area contributed by atoms with Crippen LogP contribution in [-0.2, 0) is 11.8 Å². The van der Waals surface area contributed by atoms with Gasteiger partial charge in [-0.2, -0.15) is 5.10 Å². The van der Waals surface area contributed by atoms with Gasteiger partial charge in [-0.3, -0.25) is 9.48 Å². The molecule has 0 saturated carbocycles. The molecule has 1 heterocycles. The third-order valence-corrected chi connectivity index (χ3v) is 1.79. The van der Waals surface area contributed by atoms with Gasteiger partial charge < -0.3 is 0 Å². The van der Waals surface area contributed by atoms with Crippen molar-refractivity contribution in [1.29, 1.82) is 0 Å². The van der Waals surface area contributed by atoms with Gasteiger partial charge in [0.05, 0.1) is 6.20 Å². The Morgan fingerprint density at radius 3 is 2.83 bits per heavy atom. The van der Waals surface area contributed by atoms with Crippen LogP contribution in [0.15, 0.2) is 12.3 Å². The lowest BCUT2D eigenvalue weighted by molar-refractivity contribution is -0.107. The summed E-state index contributed by atoms with van der Waals surface area (Å²) < 4.78 is 1.73. The zero-order chi connectivity index (χ0) is 9.14. The van der Waals surface area contributed by atoms with Gasteiger partial charge in [-0.05, 0) is 30.7 Å². The summed E-state index contributed by atoms with van der Waals surface area (Å²) in [6.07, 6.45) is 4.65. The molecule has 12 heavy (non-hydrogen) atoms. The number of halogens is 1. The number of carbonyl (C=O) groups is 1. The normalized spacial score (nSPS) is 10.9. The molecule has 0 aliphatic heterocycles. The molecule has 64 valence electrons. The molecule has 0 saturated heterocycles. The largest absolute Gasteiger partial charge is 0.276 e. The first-order valence-electron chi connectivity index (χ1n) is 3.47. The van der Waals surface area contributed by atoms with Gasteiger partial charge in [-0.25, -0.2) is 0 Å². The monoisotopic (exact) mass is 184 g/mol. The van der Waals surface area contributed by atoms with E-state index in [2.05, 4.69) is 5.10 Å². The van der Waals surface area contributed by atoms with E-state index in [1.807, 2.05) is 14.0 Å². The summed E-state index contributed by atoms with van der Waals surface area (Å²) >= 11 is 5.13. The molecule has 0 radical (unpaired) electrons. The predicted octanol–water partition coefficient (Wildman–Crippen LogP) is 1.51. The summed E-state index contributed by atoms with van der Waals surface area (Å²) in [7, 11) is 1.84. The van der Waals surface area contributed by atoms with Crippen LogP contribution in [-0.4, -0.2) is 15.0 Å². The smallest absolute Gasteiger partial charge is 0.245 e. The number of aryl methyl sites for hydroxylation is 1.